The standard InChI is InChI=1S/C50H55FN7O7P/c1-8-28-49(51)44(65-66(63-30-15-29-52)58(34(2)3)35(4)5)42(64-48(49)57-33-55-43-45(53-32-54-46(43)57)56-47(59)36-16-11-9-12-17-36)31-62-50(37-18-13-10-14-19-37,38-20-24-40(60-6)25-21-38)39-22-26-41(61-7)27-23-39/h8-14,16-27,32-35,42,44,48H,1,15,28,30-31H2,2-7H3,(H,53,54,56,59)/t42-,44-,48-,49-,66?/m1/s1. The number of benzene rings is 4. The van der Waals surface area contributed by atoms with Crippen molar-refractivity contribution in [3.05, 3.63) is 157 Å². The van der Waals surface area contributed by atoms with Crippen molar-refractivity contribution in [3.8, 4) is 17.6 Å². The van der Waals surface area contributed by atoms with Crippen LogP contribution in [0.25, 0.3) is 11.2 Å². The number of nitriles is 1. The number of nitrogens with zero attached hydrogens (tertiary/aromatic N) is 6. The predicted octanol–water partition coefficient (Wildman–Crippen LogP) is 9.95. The summed E-state index contributed by atoms with van der Waals surface area (Å²) >= 11 is 0. The Morgan fingerprint density at radius 3 is 2.08 bits per heavy atom. The lowest BCUT2D eigenvalue weighted by Crippen LogP contribution is -2.47. The van der Waals surface area contributed by atoms with Crippen molar-refractivity contribution in [2.75, 3.05) is 32.8 Å². The van der Waals surface area contributed by atoms with E-state index in [0.29, 0.717) is 17.1 Å². The van der Waals surface area contributed by atoms with Crippen LogP contribution in [0.1, 0.15) is 73.8 Å². The van der Waals surface area contributed by atoms with Gasteiger partial charge in [0.2, 0.25) is 0 Å². The maximum Gasteiger partial charge on any atom is 0.259 e. The van der Waals surface area contributed by atoms with Gasteiger partial charge in [-0.15, -0.1) is 6.58 Å². The number of amides is 1. The molecule has 14 nitrogen and oxygen atoms in total. The van der Waals surface area contributed by atoms with Crippen molar-refractivity contribution in [2.45, 2.75) is 82.3 Å². The van der Waals surface area contributed by atoms with E-state index in [1.807, 2.05) is 117 Å². The quantitative estimate of drug-likeness (QED) is 0.0316. The van der Waals surface area contributed by atoms with Crippen molar-refractivity contribution in [1.29, 1.82) is 5.26 Å². The summed E-state index contributed by atoms with van der Waals surface area (Å²) in [6.07, 6.45) is 0.176. The molecule has 7 rings (SSSR count). The number of carbonyl (C=O) groups excluding carboxylic acids is 1. The molecule has 0 saturated carbocycles. The van der Waals surface area contributed by atoms with Gasteiger partial charge in [0.25, 0.3) is 14.4 Å². The molecular weight excluding hydrogens is 861 g/mol. The Morgan fingerprint density at radius 1 is 0.924 bits per heavy atom. The van der Waals surface area contributed by atoms with Gasteiger partial charge in [0.15, 0.2) is 28.9 Å². The Kier molecular flexibility index (Phi) is 15.6. The molecule has 1 unspecified atom stereocenters. The van der Waals surface area contributed by atoms with Crippen LogP contribution in [-0.2, 0) is 24.1 Å². The highest BCUT2D eigenvalue weighted by Crippen LogP contribution is 2.55. The summed E-state index contributed by atoms with van der Waals surface area (Å²) in [7, 11) is 1.21. The SMILES string of the molecule is C=CC[C@@]1(F)[C@H](OP(OCCC#N)N(C(C)C)C(C)C)[C@@H](COC(c2ccccc2)(c2ccc(OC)cc2)c2ccc(OC)cc2)O[C@H]1n1cnc2c(NC(=O)c3ccccc3)ncnc21. The second kappa shape index (κ2) is 21.5. The number of hydrogen-bond donors (Lipinski definition) is 1. The Labute approximate surface area is 386 Å². The van der Waals surface area contributed by atoms with Crippen LogP contribution in [0, 0.1) is 11.3 Å². The van der Waals surface area contributed by atoms with E-state index in [9.17, 15) is 10.1 Å². The van der Waals surface area contributed by atoms with Crippen molar-refractivity contribution in [2.24, 2.45) is 0 Å². The molecule has 6 aromatic rings. The molecule has 1 aliphatic heterocycles. The molecule has 1 aliphatic rings. The van der Waals surface area contributed by atoms with Gasteiger partial charge in [0, 0.05) is 24.1 Å². The molecule has 1 fully saturated rings. The third kappa shape index (κ3) is 9.85. The molecule has 0 bridgehead atoms. The van der Waals surface area contributed by atoms with E-state index < -0.39 is 44.1 Å². The van der Waals surface area contributed by atoms with Crippen LogP contribution in [0.2, 0.25) is 0 Å². The maximum atomic E-state index is 19.0. The molecular formula is C50H55FN7O7P. The van der Waals surface area contributed by atoms with Crippen molar-refractivity contribution in [1.82, 2.24) is 24.2 Å². The molecule has 66 heavy (non-hydrogen) atoms. The molecule has 0 aliphatic carbocycles. The summed E-state index contributed by atoms with van der Waals surface area (Å²) in [5.74, 6) is 1.04. The first-order valence-corrected chi connectivity index (χ1v) is 22.8. The number of allylic oxidation sites excluding steroid dienone is 1. The van der Waals surface area contributed by atoms with Crippen LogP contribution >= 0.6 is 8.53 Å². The maximum absolute atomic E-state index is 19.0. The lowest BCUT2D eigenvalue weighted by molar-refractivity contribution is -0.0945. The number of rotatable bonds is 21. The molecule has 3 heterocycles. The number of aromatic nitrogens is 4. The van der Waals surface area contributed by atoms with E-state index in [4.69, 9.17) is 28.0 Å². The summed E-state index contributed by atoms with van der Waals surface area (Å²) in [4.78, 5) is 26.8. The van der Waals surface area contributed by atoms with Crippen LogP contribution in [0.4, 0.5) is 10.2 Å². The highest BCUT2D eigenvalue weighted by atomic mass is 31.2. The second-order valence-corrected chi connectivity index (χ2v) is 17.6. The molecule has 4 aromatic carbocycles. The Balaban J connectivity index is 1.37. The second-order valence-electron chi connectivity index (χ2n) is 16.2. The van der Waals surface area contributed by atoms with Gasteiger partial charge in [-0.25, -0.2) is 24.0 Å². The number of anilines is 1. The van der Waals surface area contributed by atoms with E-state index >= 15 is 4.39 Å². The molecule has 16 heteroatoms. The van der Waals surface area contributed by atoms with Crippen molar-refractivity contribution < 1.29 is 37.2 Å². The van der Waals surface area contributed by atoms with Crippen LogP contribution in [0.3, 0.4) is 0 Å². The summed E-state index contributed by atoms with van der Waals surface area (Å²) in [5, 5.41) is 12.3. The Hall–Kier alpha value is -6.11. The van der Waals surface area contributed by atoms with Gasteiger partial charge in [-0.05, 0) is 80.8 Å². The minimum atomic E-state index is -2.35. The normalized spacial score (nSPS) is 19.0. The fourth-order valence-corrected chi connectivity index (χ4v) is 10.2. The van der Waals surface area contributed by atoms with Gasteiger partial charge in [-0.2, -0.15) is 5.26 Å². The number of carbonyl (C=O) groups is 1. The smallest absolute Gasteiger partial charge is 0.259 e. The van der Waals surface area contributed by atoms with E-state index in [-0.39, 0.29) is 55.1 Å². The van der Waals surface area contributed by atoms with Gasteiger partial charge >= 0.3 is 0 Å². The number of imidazole rings is 1. The Bertz CT molecular complexity index is 2520. The third-order valence-corrected chi connectivity index (χ3v) is 13.5. The van der Waals surface area contributed by atoms with Gasteiger partial charge in [0.1, 0.15) is 35.6 Å². The highest BCUT2D eigenvalue weighted by molar-refractivity contribution is 7.44. The fraction of sp³-hybridized carbons (Fsp3) is 0.340. The van der Waals surface area contributed by atoms with Crippen LogP contribution in [0.5, 0.6) is 11.5 Å². The lowest BCUT2D eigenvalue weighted by Gasteiger charge is -2.40. The summed E-state index contributed by atoms with van der Waals surface area (Å²) in [6.45, 7) is 11.9. The van der Waals surface area contributed by atoms with Crippen LogP contribution in [-0.4, -0.2) is 87.5 Å². The highest BCUT2D eigenvalue weighted by Gasteiger charge is 2.61. The summed E-state index contributed by atoms with van der Waals surface area (Å²) in [6, 6.07) is 35.7. The number of methoxy groups -OCH3 is 2. The zero-order valence-corrected chi connectivity index (χ0v) is 38.8. The zero-order valence-electron chi connectivity index (χ0n) is 37.9. The molecule has 1 amide bonds. The van der Waals surface area contributed by atoms with Gasteiger partial charge in [0.05, 0.1) is 46.3 Å². The molecule has 5 atom stereocenters. The monoisotopic (exact) mass is 915 g/mol. The van der Waals surface area contributed by atoms with E-state index in [0.717, 1.165) is 16.7 Å². The van der Waals surface area contributed by atoms with Gasteiger partial charge in [-0.1, -0.05) is 78.9 Å². The van der Waals surface area contributed by atoms with E-state index in [2.05, 4.69) is 32.9 Å². The average molecular weight is 916 g/mol. The van der Waals surface area contributed by atoms with Crippen molar-refractivity contribution >= 4 is 31.4 Å². The molecule has 344 valence electrons. The fourth-order valence-electron chi connectivity index (χ4n) is 8.37. The largest absolute Gasteiger partial charge is 0.497 e. The summed E-state index contributed by atoms with van der Waals surface area (Å²) < 4.78 is 61.3. The molecule has 0 radical (unpaired) electrons. The first kappa shape index (κ1) is 47.8. The van der Waals surface area contributed by atoms with E-state index in [1.165, 1.54) is 23.3 Å². The minimum absolute atomic E-state index is 0.0592. The van der Waals surface area contributed by atoms with Gasteiger partial charge in [-0.3, -0.25) is 9.36 Å². The van der Waals surface area contributed by atoms with Crippen LogP contribution < -0.4 is 14.8 Å². The zero-order chi connectivity index (χ0) is 46.8. The van der Waals surface area contributed by atoms with Crippen molar-refractivity contribution in [3.63, 3.8) is 0 Å². The third-order valence-electron chi connectivity index (χ3n) is 11.4. The first-order chi connectivity index (χ1) is 32.0. The van der Waals surface area contributed by atoms with E-state index in [1.54, 1.807) is 38.5 Å². The predicted molar refractivity (Wildman–Crippen MR) is 251 cm³/mol. The average Bonchev–Trinajstić information content (AvgIpc) is 3.88. The number of hydrogen-bond acceptors (Lipinski definition) is 12. The minimum Gasteiger partial charge on any atom is -0.497 e. The number of nitrogens with one attached hydrogen (secondary N) is 1. The number of halogens is 1. The first-order valence-electron chi connectivity index (χ1n) is 21.7. The topological polar surface area (TPSA) is 155 Å². The summed E-state index contributed by atoms with van der Waals surface area (Å²) in [5.41, 5.74) is -0.479. The number of alkyl halides is 1. The van der Waals surface area contributed by atoms with Gasteiger partial charge < -0.3 is 33.3 Å². The molecule has 1 N–H and O–H groups in total. The van der Waals surface area contributed by atoms with Crippen LogP contribution in [0.15, 0.2) is 135 Å². The number of fused-ring (bicyclic) bond motifs is 1. The Morgan fingerprint density at radius 2 is 1.52 bits per heavy atom. The molecule has 2 aromatic heterocycles. The molecule has 1 saturated heterocycles. The lowest BCUT2D eigenvalue weighted by atomic mass is 9.80. The molecule has 0 spiro atoms. The number of ether oxygens (including phenoxy) is 4.